The molecule has 6 nitrogen and oxygen atoms in total. The number of carboxylic acid groups (broad SMARTS) is 1. The molecular weight excluding hydrogens is 313 g/mol. The fraction of sp³-hybridized carbons (Fsp3) is 0.786. The van der Waals surface area contributed by atoms with Gasteiger partial charge in [-0.1, -0.05) is 5.21 Å². The van der Waals surface area contributed by atoms with E-state index in [4.69, 9.17) is 15.6 Å². The molecule has 0 spiro atoms. The summed E-state index contributed by atoms with van der Waals surface area (Å²) in [7, 11) is 0. The Morgan fingerprint density at radius 1 is 1.39 bits per heavy atom. The van der Waals surface area contributed by atoms with Gasteiger partial charge >= 0.3 is 12.1 Å². The molecule has 0 saturated heterocycles. The first-order valence-corrected chi connectivity index (χ1v) is 7.70. The van der Waals surface area contributed by atoms with Crippen molar-refractivity contribution in [2.24, 2.45) is 11.7 Å². The maximum absolute atomic E-state index is 10.6. The Labute approximate surface area is 130 Å². The minimum atomic E-state index is -5.08. The summed E-state index contributed by atoms with van der Waals surface area (Å²) in [5.74, 6) is -1.22. The van der Waals surface area contributed by atoms with Crippen LogP contribution in [-0.2, 0) is 4.79 Å². The highest BCUT2D eigenvalue weighted by molar-refractivity contribution is 5.73. The molecule has 3 atom stereocenters. The van der Waals surface area contributed by atoms with Crippen molar-refractivity contribution in [3.05, 3.63) is 11.9 Å². The van der Waals surface area contributed by atoms with Crippen molar-refractivity contribution in [1.82, 2.24) is 15.0 Å². The number of rotatable bonds is 2. The number of alkyl halides is 3. The molecule has 23 heavy (non-hydrogen) atoms. The molecule has 3 unspecified atom stereocenters. The number of carbonyl (C=O) groups is 1. The number of aromatic nitrogens is 3. The van der Waals surface area contributed by atoms with Gasteiger partial charge in [-0.3, -0.25) is 0 Å². The van der Waals surface area contributed by atoms with E-state index >= 15 is 0 Å². The lowest BCUT2D eigenvalue weighted by Gasteiger charge is -2.30. The lowest BCUT2D eigenvalue weighted by molar-refractivity contribution is -0.192. The number of nitrogens with zero attached hydrogens (tertiary/aromatic N) is 3. The topological polar surface area (TPSA) is 94.0 Å². The summed E-state index contributed by atoms with van der Waals surface area (Å²) in [6.45, 7) is 0. The van der Waals surface area contributed by atoms with Crippen LogP contribution in [0.1, 0.15) is 56.2 Å². The number of nitrogens with two attached hydrogens (primary N) is 1. The first-order chi connectivity index (χ1) is 10.7. The van der Waals surface area contributed by atoms with Crippen molar-refractivity contribution >= 4 is 5.97 Å². The fourth-order valence-electron chi connectivity index (χ4n) is 3.65. The van der Waals surface area contributed by atoms with Crippen LogP contribution in [0.5, 0.6) is 0 Å². The van der Waals surface area contributed by atoms with Crippen molar-refractivity contribution in [2.75, 3.05) is 0 Å². The summed E-state index contributed by atoms with van der Waals surface area (Å²) in [6, 6.07) is 0.409. The van der Waals surface area contributed by atoms with E-state index in [1.165, 1.54) is 44.2 Å². The number of fused-ring (bicyclic) bond motifs is 2. The first-order valence-electron chi connectivity index (χ1n) is 7.70. The van der Waals surface area contributed by atoms with E-state index in [1.807, 2.05) is 0 Å². The van der Waals surface area contributed by atoms with E-state index in [9.17, 15) is 13.2 Å². The highest BCUT2D eigenvalue weighted by Crippen LogP contribution is 2.52. The lowest BCUT2D eigenvalue weighted by atomic mass is 9.89. The molecule has 0 radical (unpaired) electrons. The van der Waals surface area contributed by atoms with E-state index in [2.05, 4.69) is 21.2 Å². The summed E-state index contributed by atoms with van der Waals surface area (Å²) < 4.78 is 33.8. The van der Waals surface area contributed by atoms with Crippen LogP contribution in [0.15, 0.2) is 6.20 Å². The lowest BCUT2D eigenvalue weighted by Crippen LogP contribution is -2.43. The largest absolute Gasteiger partial charge is 0.490 e. The van der Waals surface area contributed by atoms with E-state index < -0.39 is 12.1 Å². The van der Waals surface area contributed by atoms with Crippen LogP contribution in [0.3, 0.4) is 0 Å². The molecule has 3 aliphatic carbocycles. The molecule has 9 heteroatoms. The van der Waals surface area contributed by atoms with Gasteiger partial charge in [-0.05, 0) is 44.4 Å². The van der Waals surface area contributed by atoms with Crippen LogP contribution in [-0.4, -0.2) is 37.8 Å². The van der Waals surface area contributed by atoms with Gasteiger partial charge in [0.1, 0.15) is 0 Å². The van der Waals surface area contributed by atoms with E-state index in [-0.39, 0.29) is 5.54 Å². The molecule has 0 aliphatic heterocycles. The maximum Gasteiger partial charge on any atom is 0.490 e. The average molecular weight is 332 g/mol. The summed E-state index contributed by atoms with van der Waals surface area (Å²) in [5, 5.41) is 15.7. The van der Waals surface area contributed by atoms with Crippen molar-refractivity contribution in [3.63, 3.8) is 0 Å². The average Bonchev–Trinajstić information content (AvgIpc) is 2.93. The van der Waals surface area contributed by atoms with Crippen LogP contribution in [0.25, 0.3) is 0 Å². The molecule has 2 bridgehead atoms. The summed E-state index contributed by atoms with van der Waals surface area (Å²) >= 11 is 0. The first kappa shape index (κ1) is 16.2. The summed E-state index contributed by atoms with van der Waals surface area (Å²) in [4.78, 5) is 8.90. The maximum atomic E-state index is 10.6. The Bertz CT molecular complexity index is 599. The van der Waals surface area contributed by atoms with Crippen LogP contribution in [0.2, 0.25) is 0 Å². The van der Waals surface area contributed by atoms with Gasteiger partial charge in [0.05, 0.1) is 11.7 Å². The number of hydrogen-bond donors (Lipinski definition) is 2. The predicted octanol–water partition coefficient (Wildman–Crippen LogP) is 2.23. The third-order valence-corrected chi connectivity index (χ3v) is 4.99. The summed E-state index contributed by atoms with van der Waals surface area (Å²) in [5.41, 5.74) is 7.69. The third kappa shape index (κ3) is 3.34. The molecule has 0 aromatic carbocycles. The van der Waals surface area contributed by atoms with Crippen LogP contribution in [0, 0.1) is 5.92 Å². The van der Waals surface area contributed by atoms with Gasteiger partial charge in [0, 0.05) is 17.7 Å². The van der Waals surface area contributed by atoms with Crippen molar-refractivity contribution in [1.29, 1.82) is 0 Å². The molecule has 3 aliphatic rings. The zero-order valence-electron chi connectivity index (χ0n) is 12.5. The van der Waals surface area contributed by atoms with Gasteiger partial charge < -0.3 is 10.8 Å². The third-order valence-electron chi connectivity index (χ3n) is 4.99. The molecule has 3 fully saturated rings. The summed E-state index contributed by atoms with van der Waals surface area (Å²) in [6.07, 6.45) is 4.54. The fourth-order valence-corrected chi connectivity index (χ4v) is 3.65. The number of hydrogen-bond acceptors (Lipinski definition) is 4. The smallest absolute Gasteiger partial charge is 0.475 e. The predicted molar refractivity (Wildman–Crippen MR) is 73.6 cm³/mol. The van der Waals surface area contributed by atoms with E-state index in [0.29, 0.717) is 12.0 Å². The molecule has 3 N–H and O–H groups in total. The van der Waals surface area contributed by atoms with Gasteiger partial charge in [-0.25, -0.2) is 9.48 Å². The normalized spacial score (nSPS) is 32.5. The van der Waals surface area contributed by atoms with E-state index in [1.54, 1.807) is 0 Å². The van der Waals surface area contributed by atoms with Crippen molar-refractivity contribution < 1.29 is 23.1 Å². The quantitative estimate of drug-likeness (QED) is 0.866. The molecule has 1 heterocycles. The zero-order chi connectivity index (χ0) is 16.8. The molecule has 1 aromatic rings. The van der Waals surface area contributed by atoms with Gasteiger partial charge in [-0.2, -0.15) is 13.2 Å². The molecule has 0 amide bonds. The Balaban J connectivity index is 0.000000193. The standard InChI is InChI=1S/C12H18N4.C2HF3O2/c13-12-4-3-8(6-12)5-11(12)16-7-10(14-15-16)9-1-2-9;3-2(4,5)1(6)7/h7-9,11H,1-6,13H2;(H,6,7). The van der Waals surface area contributed by atoms with Gasteiger partial charge in [0.15, 0.2) is 0 Å². The Hall–Kier alpha value is -1.64. The monoisotopic (exact) mass is 332 g/mol. The van der Waals surface area contributed by atoms with Gasteiger partial charge in [0.2, 0.25) is 0 Å². The second kappa shape index (κ2) is 5.47. The van der Waals surface area contributed by atoms with Crippen molar-refractivity contribution in [3.8, 4) is 0 Å². The SMILES string of the molecule is NC12CCC(CC1n1cc(C3CC3)nn1)C2.O=C(O)C(F)(F)F. The number of halogens is 3. The van der Waals surface area contributed by atoms with Crippen LogP contribution >= 0.6 is 0 Å². The van der Waals surface area contributed by atoms with Crippen LogP contribution in [0.4, 0.5) is 13.2 Å². The second-order valence-electron chi connectivity index (χ2n) is 6.79. The Morgan fingerprint density at radius 3 is 2.48 bits per heavy atom. The van der Waals surface area contributed by atoms with E-state index in [0.717, 1.165) is 5.92 Å². The van der Waals surface area contributed by atoms with Crippen LogP contribution < -0.4 is 5.73 Å². The number of aliphatic carboxylic acids is 1. The molecule has 4 rings (SSSR count). The minimum Gasteiger partial charge on any atom is -0.475 e. The van der Waals surface area contributed by atoms with Gasteiger partial charge in [-0.15, -0.1) is 5.10 Å². The van der Waals surface area contributed by atoms with Gasteiger partial charge in [0.25, 0.3) is 0 Å². The molecule has 128 valence electrons. The highest BCUT2D eigenvalue weighted by atomic mass is 19.4. The molecular formula is C14H19F3N4O2. The second-order valence-corrected chi connectivity index (χ2v) is 6.79. The minimum absolute atomic E-state index is 0.0131. The number of carboxylic acids is 1. The Morgan fingerprint density at radius 2 is 2.04 bits per heavy atom. The zero-order valence-corrected chi connectivity index (χ0v) is 12.5. The Kier molecular flexibility index (Phi) is 3.86. The molecule has 1 aromatic heterocycles. The highest BCUT2D eigenvalue weighted by Gasteiger charge is 2.51. The van der Waals surface area contributed by atoms with Crippen molar-refractivity contribution in [2.45, 2.75) is 62.2 Å². The molecule has 3 saturated carbocycles.